The largest absolute Gasteiger partial charge is 0.399 e. The second-order valence-corrected chi connectivity index (χ2v) is 5.17. The highest BCUT2D eigenvalue weighted by Crippen LogP contribution is 2.28. The molecule has 114 valence electrons. The maximum absolute atomic E-state index is 11.8. The molecule has 1 saturated carbocycles. The average Bonchev–Trinajstić information content (AvgIpc) is 3.29. The summed E-state index contributed by atoms with van der Waals surface area (Å²) in [6.07, 6.45) is 2.51. The molecule has 0 spiro atoms. The quantitative estimate of drug-likeness (QED) is 0.481. The first-order valence-electron chi connectivity index (χ1n) is 7.13. The standard InChI is InChI=1S/C15H21N3O3/c16-13-5-3-12(4-6-13)15(20)18-9-14(19)17-7-8-21-10-11-1-2-11/h3-6,11H,1-2,7-10,16H2,(H,17,19)(H,18,20). The molecule has 1 aromatic rings. The Morgan fingerprint density at radius 1 is 1.19 bits per heavy atom. The van der Waals surface area contributed by atoms with Crippen LogP contribution in [-0.2, 0) is 9.53 Å². The maximum Gasteiger partial charge on any atom is 0.251 e. The molecule has 1 aromatic carbocycles. The van der Waals surface area contributed by atoms with Gasteiger partial charge in [0.2, 0.25) is 5.91 Å². The zero-order valence-electron chi connectivity index (χ0n) is 11.9. The topological polar surface area (TPSA) is 93.5 Å². The summed E-state index contributed by atoms with van der Waals surface area (Å²) in [6, 6.07) is 6.53. The Balaban J connectivity index is 1.57. The molecular weight excluding hydrogens is 270 g/mol. The van der Waals surface area contributed by atoms with Crippen LogP contribution in [0.25, 0.3) is 0 Å². The summed E-state index contributed by atoms with van der Waals surface area (Å²) in [5.74, 6) is 0.198. The number of benzene rings is 1. The van der Waals surface area contributed by atoms with Crippen molar-refractivity contribution in [2.24, 2.45) is 5.92 Å². The molecule has 1 aliphatic carbocycles. The number of nitrogen functional groups attached to an aromatic ring is 1. The number of hydrogen-bond acceptors (Lipinski definition) is 4. The molecule has 2 rings (SSSR count). The van der Waals surface area contributed by atoms with Gasteiger partial charge in [-0.3, -0.25) is 9.59 Å². The van der Waals surface area contributed by atoms with Gasteiger partial charge in [-0.15, -0.1) is 0 Å². The molecule has 0 atom stereocenters. The van der Waals surface area contributed by atoms with Crippen molar-refractivity contribution in [1.82, 2.24) is 10.6 Å². The maximum atomic E-state index is 11.8. The van der Waals surface area contributed by atoms with Crippen LogP contribution in [0.2, 0.25) is 0 Å². The SMILES string of the molecule is Nc1ccc(C(=O)NCC(=O)NCCOCC2CC2)cc1. The third-order valence-electron chi connectivity index (χ3n) is 3.20. The lowest BCUT2D eigenvalue weighted by atomic mass is 10.2. The Morgan fingerprint density at radius 2 is 1.90 bits per heavy atom. The van der Waals surface area contributed by atoms with E-state index >= 15 is 0 Å². The summed E-state index contributed by atoms with van der Waals surface area (Å²) in [6.45, 7) is 1.70. The first kappa shape index (κ1) is 15.3. The number of nitrogens with two attached hydrogens (primary N) is 1. The monoisotopic (exact) mass is 291 g/mol. The van der Waals surface area contributed by atoms with Gasteiger partial charge in [-0.25, -0.2) is 0 Å². The molecule has 21 heavy (non-hydrogen) atoms. The van der Waals surface area contributed by atoms with Crippen molar-refractivity contribution >= 4 is 17.5 Å². The Bertz CT molecular complexity index is 483. The lowest BCUT2D eigenvalue weighted by Crippen LogP contribution is -2.38. The number of rotatable bonds is 8. The molecule has 4 N–H and O–H groups in total. The van der Waals surface area contributed by atoms with Gasteiger partial charge in [0.1, 0.15) is 0 Å². The van der Waals surface area contributed by atoms with E-state index in [-0.39, 0.29) is 18.4 Å². The van der Waals surface area contributed by atoms with Gasteiger partial charge in [0.15, 0.2) is 0 Å². The zero-order valence-corrected chi connectivity index (χ0v) is 11.9. The number of carbonyl (C=O) groups excluding carboxylic acids is 2. The number of nitrogens with one attached hydrogen (secondary N) is 2. The Morgan fingerprint density at radius 3 is 2.57 bits per heavy atom. The summed E-state index contributed by atoms with van der Waals surface area (Å²) in [7, 11) is 0. The van der Waals surface area contributed by atoms with Gasteiger partial charge in [-0.1, -0.05) is 0 Å². The smallest absolute Gasteiger partial charge is 0.251 e. The highest BCUT2D eigenvalue weighted by atomic mass is 16.5. The molecule has 0 unspecified atom stereocenters. The minimum atomic E-state index is -0.296. The molecule has 0 aromatic heterocycles. The van der Waals surface area contributed by atoms with Crippen LogP contribution in [-0.4, -0.2) is 38.1 Å². The molecule has 0 bridgehead atoms. The normalized spacial score (nSPS) is 13.7. The van der Waals surface area contributed by atoms with Crippen molar-refractivity contribution in [2.75, 3.05) is 32.0 Å². The molecule has 6 nitrogen and oxygen atoms in total. The van der Waals surface area contributed by atoms with Gasteiger partial charge >= 0.3 is 0 Å². The summed E-state index contributed by atoms with van der Waals surface area (Å²) in [5.41, 5.74) is 6.61. The van der Waals surface area contributed by atoms with E-state index in [1.54, 1.807) is 24.3 Å². The minimum Gasteiger partial charge on any atom is -0.399 e. The molecule has 6 heteroatoms. The summed E-state index contributed by atoms with van der Waals surface area (Å²) in [5, 5.41) is 5.25. The van der Waals surface area contributed by atoms with E-state index in [9.17, 15) is 9.59 Å². The molecule has 0 aliphatic heterocycles. The van der Waals surface area contributed by atoms with E-state index in [0.29, 0.717) is 24.4 Å². The average molecular weight is 291 g/mol. The second kappa shape index (κ2) is 7.64. The van der Waals surface area contributed by atoms with Gasteiger partial charge in [-0.05, 0) is 43.0 Å². The summed E-state index contributed by atoms with van der Waals surface area (Å²) < 4.78 is 5.40. The van der Waals surface area contributed by atoms with Crippen LogP contribution in [0, 0.1) is 5.92 Å². The minimum absolute atomic E-state index is 0.0498. The fraction of sp³-hybridized carbons (Fsp3) is 0.467. The zero-order chi connectivity index (χ0) is 15.1. The van der Waals surface area contributed by atoms with E-state index in [0.717, 1.165) is 12.5 Å². The number of anilines is 1. The van der Waals surface area contributed by atoms with Crippen LogP contribution in [0.15, 0.2) is 24.3 Å². The highest BCUT2D eigenvalue weighted by Gasteiger charge is 2.20. The Labute approximate surface area is 124 Å². The van der Waals surface area contributed by atoms with E-state index < -0.39 is 0 Å². The van der Waals surface area contributed by atoms with E-state index in [1.807, 2.05) is 0 Å². The fourth-order valence-electron chi connectivity index (χ4n) is 1.76. The van der Waals surface area contributed by atoms with E-state index in [1.165, 1.54) is 12.8 Å². The summed E-state index contributed by atoms with van der Waals surface area (Å²) >= 11 is 0. The predicted molar refractivity (Wildman–Crippen MR) is 79.7 cm³/mol. The lowest BCUT2D eigenvalue weighted by Gasteiger charge is -2.07. The third-order valence-corrected chi connectivity index (χ3v) is 3.20. The van der Waals surface area contributed by atoms with E-state index in [2.05, 4.69) is 10.6 Å². The van der Waals surface area contributed by atoms with Crippen molar-refractivity contribution in [2.45, 2.75) is 12.8 Å². The van der Waals surface area contributed by atoms with Crippen LogP contribution >= 0.6 is 0 Å². The van der Waals surface area contributed by atoms with Crippen molar-refractivity contribution in [1.29, 1.82) is 0 Å². The van der Waals surface area contributed by atoms with Crippen LogP contribution < -0.4 is 16.4 Å². The Hall–Kier alpha value is -2.08. The number of amides is 2. The molecule has 2 amide bonds. The second-order valence-electron chi connectivity index (χ2n) is 5.17. The van der Waals surface area contributed by atoms with Crippen LogP contribution in [0.5, 0.6) is 0 Å². The number of hydrogen-bond donors (Lipinski definition) is 3. The summed E-state index contributed by atoms with van der Waals surface area (Å²) in [4.78, 5) is 23.3. The van der Waals surface area contributed by atoms with E-state index in [4.69, 9.17) is 10.5 Å². The first-order chi connectivity index (χ1) is 10.1. The highest BCUT2D eigenvalue weighted by molar-refractivity contribution is 5.96. The van der Waals surface area contributed by atoms with Gasteiger partial charge < -0.3 is 21.1 Å². The molecular formula is C15H21N3O3. The molecule has 1 fully saturated rings. The van der Waals surface area contributed by atoms with Crippen molar-refractivity contribution < 1.29 is 14.3 Å². The van der Waals surface area contributed by atoms with Gasteiger partial charge in [0.25, 0.3) is 5.91 Å². The molecule has 0 saturated heterocycles. The van der Waals surface area contributed by atoms with Gasteiger partial charge in [0, 0.05) is 24.4 Å². The molecule has 0 heterocycles. The first-order valence-corrected chi connectivity index (χ1v) is 7.13. The fourth-order valence-corrected chi connectivity index (χ4v) is 1.76. The van der Waals surface area contributed by atoms with Crippen molar-refractivity contribution in [3.05, 3.63) is 29.8 Å². The third kappa shape index (κ3) is 5.83. The van der Waals surface area contributed by atoms with Crippen LogP contribution in [0.3, 0.4) is 0 Å². The van der Waals surface area contributed by atoms with Gasteiger partial charge in [0.05, 0.1) is 13.2 Å². The van der Waals surface area contributed by atoms with Gasteiger partial charge in [-0.2, -0.15) is 0 Å². The van der Waals surface area contributed by atoms with Crippen molar-refractivity contribution in [3.8, 4) is 0 Å². The predicted octanol–water partition coefficient (Wildman–Crippen LogP) is 0.541. The molecule has 0 radical (unpaired) electrons. The number of carbonyl (C=O) groups is 2. The molecule has 1 aliphatic rings. The van der Waals surface area contributed by atoms with Crippen LogP contribution in [0.1, 0.15) is 23.2 Å². The lowest BCUT2D eigenvalue weighted by molar-refractivity contribution is -0.120. The van der Waals surface area contributed by atoms with Crippen molar-refractivity contribution in [3.63, 3.8) is 0 Å². The Kier molecular flexibility index (Phi) is 5.57. The number of ether oxygens (including phenoxy) is 1. The van der Waals surface area contributed by atoms with Crippen LogP contribution in [0.4, 0.5) is 5.69 Å².